The van der Waals surface area contributed by atoms with Crippen molar-refractivity contribution in [1.29, 1.82) is 0 Å². The van der Waals surface area contributed by atoms with E-state index in [9.17, 15) is 0 Å². The van der Waals surface area contributed by atoms with Crippen LogP contribution in [0.5, 0.6) is 0 Å². The summed E-state index contributed by atoms with van der Waals surface area (Å²) >= 11 is 0. The Morgan fingerprint density at radius 3 is 2.58 bits per heavy atom. The smallest absolute Gasteiger partial charge is 0.0280 e. The van der Waals surface area contributed by atoms with Crippen LogP contribution in [0.15, 0.2) is 0 Å². The molecule has 0 amide bonds. The molecule has 0 aromatic heterocycles. The summed E-state index contributed by atoms with van der Waals surface area (Å²) in [7, 11) is 2.20. The summed E-state index contributed by atoms with van der Waals surface area (Å²) in [5.74, 6) is 0. The van der Waals surface area contributed by atoms with Crippen LogP contribution in [0.4, 0.5) is 0 Å². The molecule has 12 heavy (non-hydrogen) atoms. The fourth-order valence-corrected chi connectivity index (χ4v) is 1.83. The standard InChI is InChI=1S/C10H22N2/c1-9(2)12(4)8-10(3)6-5-7-11-10/h9,11H,5-8H2,1-4H3. The normalized spacial score (nSPS) is 30.5. The van der Waals surface area contributed by atoms with Gasteiger partial charge in [-0.2, -0.15) is 0 Å². The van der Waals surface area contributed by atoms with Gasteiger partial charge in [-0.15, -0.1) is 0 Å². The molecule has 1 atom stereocenters. The van der Waals surface area contributed by atoms with E-state index >= 15 is 0 Å². The topological polar surface area (TPSA) is 15.3 Å². The molecular formula is C10H22N2. The molecule has 0 aliphatic carbocycles. The van der Waals surface area contributed by atoms with Crippen LogP contribution in [0.2, 0.25) is 0 Å². The first kappa shape index (κ1) is 10.0. The van der Waals surface area contributed by atoms with E-state index in [2.05, 4.69) is 38.0 Å². The van der Waals surface area contributed by atoms with Crippen LogP contribution in [0, 0.1) is 0 Å². The molecule has 0 spiro atoms. The summed E-state index contributed by atoms with van der Waals surface area (Å²) in [4.78, 5) is 2.42. The van der Waals surface area contributed by atoms with E-state index in [0.717, 1.165) is 0 Å². The van der Waals surface area contributed by atoms with Crippen LogP contribution in [-0.4, -0.2) is 36.6 Å². The van der Waals surface area contributed by atoms with Crippen molar-refractivity contribution >= 4 is 0 Å². The van der Waals surface area contributed by atoms with Crippen LogP contribution in [-0.2, 0) is 0 Å². The second-order valence-electron chi connectivity index (χ2n) is 4.60. The van der Waals surface area contributed by atoms with Crippen molar-refractivity contribution in [2.75, 3.05) is 20.1 Å². The van der Waals surface area contributed by atoms with E-state index in [-0.39, 0.29) is 0 Å². The lowest BCUT2D eigenvalue weighted by atomic mass is 9.99. The maximum Gasteiger partial charge on any atom is 0.0280 e. The van der Waals surface area contributed by atoms with Crippen molar-refractivity contribution in [2.45, 2.75) is 45.2 Å². The Bertz CT molecular complexity index is 137. The molecular weight excluding hydrogens is 148 g/mol. The van der Waals surface area contributed by atoms with Crippen LogP contribution in [0.1, 0.15) is 33.6 Å². The molecule has 0 radical (unpaired) electrons. The highest BCUT2D eigenvalue weighted by molar-refractivity contribution is 4.91. The minimum atomic E-state index is 0.374. The van der Waals surface area contributed by atoms with Gasteiger partial charge in [0.15, 0.2) is 0 Å². The summed E-state index contributed by atoms with van der Waals surface area (Å²) in [5.41, 5.74) is 0.374. The molecule has 1 aliphatic heterocycles. The third-order valence-corrected chi connectivity index (χ3v) is 2.94. The first-order valence-electron chi connectivity index (χ1n) is 4.99. The van der Waals surface area contributed by atoms with Crippen molar-refractivity contribution in [3.63, 3.8) is 0 Å². The Morgan fingerprint density at radius 2 is 2.17 bits per heavy atom. The van der Waals surface area contributed by atoms with E-state index in [1.165, 1.54) is 25.9 Å². The minimum Gasteiger partial charge on any atom is -0.310 e. The molecule has 1 N–H and O–H groups in total. The summed E-state index contributed by atoms with van der Waals surface area (Å²) in [5, 5.41) is 3.58. The Kier molecular flexibility index (Phi) is 3.13. The van der Waals surface area contributed by atoms with Gasteiger partial charge in [-0.05, 0) is 47.2 Å². The number of likely N-dealkylation sites (N-methyl/N-ethyl adjacent to an activating group) is 1. The van der Waals surface area contributed by atoms with Gasteiger partial charge < -0.3 is 10.2 Å². The highest BCUT2D eigenvalue weighted by Gasteiger charge is 2.29. The quantitative estimate of drug-likeness (QED) is 0.690. The SMILES string of the molecule is CC(C)N(C)CC1(C)CCCN1. The lowest BCUT2D eigenvalue weighted by Crippen LogP contribution is -2.48. The van der Waals surface area contributed by atoms with E-state index in [1.807, 2.05) is 0 Å². The predicted molar refractivity (Wildman–Crippen MR) is 53.4 cm³/mol. The Balaban J connectivity index is 2.38. The molecule has 1 unspecified atom stereocenters. The third kappa shape index (κ3) is 2.46. The molecule has 1 saturated heterocycles. The largest absolute Gasteiger partial charge is 0.310 e. The predicted octanol–water partition coefficient (Wildman–Crippen LogP) is 1.47. The van der Waals surface area contributed by atoms with Gasteiger partial charge in [-0.25, -0.2) is 0 Å². The first-order chi connectivity index (χ1) is 5.53. The second kappa shape index (κ2) is 3.75. The molecule has 0 saturated carbocycles. The molecule has 1 heterocycles. The summed E-state index contributed by atoms with van der Waals surface area (Å²) < 4.78 is 0. The van der Waals surface area contributed by atoms with Gasteiger partial charge in [0.25, 0.3) is 0 Å². The van der Waals surface area contributed by atoms with E-state index < -0.39 is 0 Å². The zero-order chi connectivity index (χ0) is 9.19. The second-order valence-corrected chi connectivity index (χ2v) is 4.60. The van der Waals surface area contributed by atoms with Gasteiger partial charge >= 0.3 is 0 Å². The number of nitrogens with one attached hydrogen (secondary N) is 1. The monoisotopic (exact) mass is 170 g/mol. The van der Waals surface area contributed by atoms with Gasteiger partial charge in [0.2, 0.25) is 0 Å². The van der Waals surface area contributed by atoms with Crippen molar-refractivity contribution in [2.24, 2.45) is 0 Å². The number of hydrogen-bond acceptors (Lipinski definition) is 2. The Labute approximate surface area is 76.3 Å². The number of rotatable bonds is 3. The van der Waals surface area contributed by atoms with Crippen molar-refractivity contribution in [1.82, 2.24) is 10.2 Å². The van der Waals surface area contributed by atoms with E-state index in [4.69, 9.17) is 0 Å². The lowest BCUT2D eigenvalue weighted by Gasteiger charge is -2.32. The minimum absolute atomic E-state index is 0.374. The number of nitrogens with zero attached hydrogens (tertiary/aromatic N) is 1. The molecule has 2 nitrogen and oxygen atoms in total. The van der Waals surface area contributed by atoms with Gasteiger partial charge in [0.1, 0.15) is 0 Å². The zero-order valence-electron chi connectivity index (χ0n) is 8.85. The summed E-state index contributed by atoms with van der Waals surface area (Å²) in [6.07, 6.45) is 2.66. The van der Waals surface area contributed by atoms with Crippen LogP contribution in [0.3, 0.4) is 0 Å². The van der Waals surface area contributed by atoms with Crippen molar-refractivity contribution in [3.8, 4) is 0 Å². The molecule has 0 bridgehead atoms. The van der Waals surface area contributed by atoms with Crippen LogP contribution >= 0.6 is 0 Å². The molecule has 0 aromatic rings. The average Bonchev–Trinajstić information content (AvgIpc) is 2.35. The summed E-state index contributed by atoms with van der Waals surface area (Å²) in [6.45, 7) is 9.20. The lowest BCUT2D eigenvalue weighted by molar-refractivity contribution is 0.203. The molecule has 2 heteroatoms. The maximum absolute atomic E-state index is 3.58. The number of hydrogen-bond donors (Lipinski definition) is 1. The van der Waals surface area contributed by atoms with Gasteiger partial charge in [-0.3, -0.25) is 0 Å². The molecule has 72 valence electrons. The Morgan fingerprint density at radius 1 is 1.50 bits per heavy atom. The maximum atomic E-state index is 3.58. The zero-order valence-corrected chi connectivity index (χ0v) is 8.85. The van der Waals surface area contributed by atoms with Crippen molar-refractivity contribution < 1.29 is 0 Å². The molecule has 1 aliphatic rings. The summed E-state index contributed by atoms with van der Waals surface area (Å²) in [6, 6.07) is 0.657. The van der Waals surface area contributed by atoms with Crippen LogP contribution in [0.25, 0.3) is 0 Å². The highest BCUT2D eigenvalue weighted by Crippen LogP contribution is 2.19. The highest BCUT2D eigenvalue weighted by atomic mass is 15.2. The molecule has 0 aromatic carbocycles. The van der Waals surface area contributed by atoms with Gasteiger partial charge in [0, 0.05) is 18.1 Å². The Hall–Kier alpha value is -0.0800. The van der Waals surface area contributed by atoms with E-state index in [0.29, 0.717) is 11.6 Å². The van der Waals surface area contributed by atoms with Crippen molar-refractivity contribution in [3.05, 3.63) is 0 Å². The third-order valence-electron chi connectivity index (χ3n) is 2.94. The molecule has 1 fully saturated rings. The molecule has 1 rings (SSSR count). The van der Waals surface area contributed by atoms with E-state index in [1.54, 1.807) is 0 Å². The van der Waals surface area contributed by atoms with Crippen LogP contribution < -0.4 is 5.32 Å². The average molecular weight is 170 g/mol. The first-order valence-corrected chi connectivity index (χ1v) is 4.99. The fourth-order valence-electron chi connectivity index (χ4n) is 1.83. The fraction of sp³-hybridized carbons (Fsp3) is 1.00. The van der Waals surface area contributed by atoms with Gasteiger partial charge in [-0.1, -0.05) is 0 Å². The van der Waals surface area contributed by atoms with Gasteiger partial charge in [0.05, 0.1) is 0 Å².